The molecule has 2 aliphatic rings. The van der Waals surface area contributed by atoms with Gasteiger partial charge in [0.15, 0.2) is 0 Å². The van der Waals surface area contributed by atoms with E-state index < -0.39 is 5.41 Å². The molecule has 1 aliphatic carbocycles. The van der Waals surface area contributed by atoms with Crippen LogP contribution in [0.1, 0.15) is 44.1 Å². The summed E-state index contributed by atoms with van der Waals surface area (Å²) in [5.74, 6) is -0.281. The van der Waals surface area contributed by atoms with E-state index in [1.54, 1.807) is 18.2 Å². The molecule has 2 N–H and O–H groups in total. The zero-order valence-corrected chi connectivity index (χ0v) is 12.3. The zero-order valence-electron chi connectivity index (χ0n) is 12.3. The molecule has 1 atom stereocenters. The lowest BCUT2D eigenvalue weighted by Crippen LogP contribution is -2.44. The van der Waals surface area contributed by atoms with E-state index in [9.17, 15) is 9.18 Å². The van der Waals surface area contributed by atoms with E-state index in [1.807, 2.05) is 0 Å². The van der Waals surface area contributed by atoms with Gasteiger partial charge in [0.25, 0.3) is 0 Å². The summed E-state index contributed by atoms with van der Waals surface area (Å²) in [4.78, 5) is 12.5. The van der Waals surface area contributed by atoms with Gasteiger partial charge in [-0.3, -0.25) is 4.79 Å². The standard InChI is InChI=1S/C17H23FN2O/c18-15-8-4-3-7-14(15)17(9-10-17)16(21)20-12-13-6-2-1-5-11-19-13/h3-4,7-8,13,19H,1-2,5-6,9-12H2,(H,20,21)/t13-/m1/s1. The van der Waals surface area contributed by atoms with Crippen molar-refractivity contribution in [2.75, 3.05) is 13.1 Å². The fourth-order valence-corrected chi connectivity index (χ4v) is 3.25. The Bertz CT molecular complexity index is 505. The monoisotopic (exact) mass is 290 g/mol. The van der Waals surface area contributed by atoms with Crippen molar-refractivity contribution in [2.45, 2.75) is 50.0 Å². The fourth-order valence-electron chi connectivity index (χ4n) is 3.25. The molecule has 3 rings (SSSR count). The minimum absolute atomic E-state index is 0.0151. The number of halogens is 1. The van der Waals surface area contributed by atoms with Crippen molar-refractivity contribution in [1.82, 2.24) is 10.6 Å². The molecular formula is C17H23FN2O. The first-order valence-electron chi connectivity index (χ1n) is 7.99. The van der Waals surface area contributed by atoms with Crippen molar-refractivity contribution in [3.05, 3.63) is 35.6 Å². The van der Waals surface area contributed by atoms with Gasteiger partial charge < -0.3 is 10.6 Å². The Kier molecular flexibility index (Phi) is 4.24. The van der Waals surface area contributed by atoms with Crippen LogP contribution >= 0.6 is 0 Å². The predicted octanol–water partition coefficient (Wildman–Crippen LogP) is 2.51. The predicted molar refractivity (Wildman–Crippen MR) is 80.6 cm³/mol. The van der Waals surface area contributed by atoms with Gasteiger partial charge in [0, 0.05) is 18.2 Å². The van der Waals surface area contributed by atoms with Crippen molar-refractivity contribution in [3.8, 4) is 0 Å². The Morgan fingerprint density at radius 2 is 2.10 bits per heavy atom. The molecule has 1 saturated heterocycles. The number of rotatable bonds is 4. The minimum atomic E-state index is -0.615. The van der Waals surface area contributed by atoms with Crippen LogP contribution in [-0.4, -0.2) is 25.0 Å². The van der Waals surface area contributed by atoms with E-state index >= 15 is 0 Å². The molecule has 0 bridgehead atoms. The van der Waals surface area contributed by atoms with Gasteiger partial charge >= 0.3 is 0 Å². The summed E-state index contributed by atoms with van der Waals surface area (Å²) in [5, 5.41) is 6.51. The van der Waals surface area contributed by atoms with E-state index in [2.05, 4.69) is 10.6 Å². The highest BCUT2D eigenvalue weighted by Crippen LogP contribution is 2.49. The molecule has 1 amide bonds. The number of hydrogen-bond donors (Lipinski definition) is 2. The summed E-state index contributed by atoms with van der Waals surface area (Å²) in [5.41, 5.74) is -0.0629. The first kappa shape index (κ1) is 14.5. The van der Waals surface area contributed by atoms with Crippen LogP contribution in [0.2, 0.25) is 0 Å². The van der Waals surface area contributed by atoms with Crippen molar-refractivity contribution >= 4 is 5.91 Å². The third-order valence-corrected chi connectivity index (χ3v) is 4.75. The molecule has 0 radical (unpaired) electrons. The summed E-state index contributed by atoms with van der Waals surface area (Å²) < 4.78 is 13.9. The lowest BCUT2D eigenvalue weighted by atomic mass is 9.94. The van der Waals surface area contributed by atoms with Gasteiger partial charge in [-0.05, 0) is 38.3 Å². The average Bonchev–Trinajstić information content (AvgIpc) is 3.30. The number of benzene rings is 1. The van der Waals surface area contributed by atoms with E-state index in [4.69, 9.17) is 0 Å². The van der Waals surface area contributed by atoms with E-state index in [-0.39, 0.29) is 11.7 Å². The van der Waals surface area contributed by atoms with Gasteiger partial charge in [0.1, 0.15) is 5.82 Å². The van der Waals surface area contributed by atoms with Crippen LogP contribution in [0.25, 0.3) is 0 Å². The van der Waals surface area contributed by atoms with Crippen molar-refractivity contribution in [3.63, 3.8) is 0 Å². The molecule has 1 aromatic carbocycles. The second-order valence-electron chi connectivity index (χ2n) is 6.27. The fraction of sp³-hybridized carbons (Fsp3) is 0.588. The van der Waals surface area contributed by atoms with Gasteiger partial charge in [0.05, 0.1) is 5.41 Å². The summed E-state index contributed by atoms with van der Waals surface area (Å²) in [6.07, 6.45) is 6.29. The SMILES string of the molecule is O=C(NC[C@H]1CCCCCN1)C1(c2ccccc2F)CC1. The highest BCUT2D eigenvalue weighted by atomic mass is 19.1. The first-order valence-corrected chi connectivity index (χ1v) is 7.99. The van der Waals surface area contributed by atoms with Crippen LogP contribution < -0.4 is 10.6 Å². The number of amides is 1. The highest BCUT2D eigenvalue weighted by Gasteiger charge is 2.52. The Hall–Kier alpha value is -1.42. The van der Waals surface area contributed by atoms with E-state index in [0.29, 0.717) is 18.2 Å². The summed E-state index contributed by atoms with van der Waals surface area (Å²) in [6.45, 7) is 1.67. The molecule has 0 aromatic heterocycles. The van der Waals surface area contributed by atoms with Crippen LogP contribution in [0.5, 0.6) is 0 Å². The zero-order chi connectivity index (χ0) is 14.7. The molecule has 1 heterocycles. The average molecular weight is 290 g/mol. The van der Waals surface area contributed by atoms with Crippen molar-refractivity contribution < 1.29 is 9.18 Å². The molecule has 3 nitrogen and oxygen atoms in total. The maximum atomic E-state index is 13.9. The highest BCUT2D eigenvalue weighted by molar-refractivity contribution is 5.91. The molecule has 4 heteroatoms. The Morgan fingerprint density at radius 1 is 1.29 bits per heavy atom. The summed E-state index contributed by atoms with van der Waals surface area (Å²) in [7, 11) is 0. The van der Waals surface area contributed by atoms with E-state index in [0.717, 1.165) is 25.8 Å². The van der Waals surface area contributed by atoms with Crippen molar-refractivity contribution in [2.24, 2.45) is 0 Å². The molecule has 2 fully saturated rings. The molecule has 0 spiro atoms. The quantitative estimate of drug-likeness (QED) is 0.894. The van der Waals surface area contributed by atoms with Crippen LogP contribution in [0.15, 0.2) is 24.3 Å². The molecule has 1 saturated carbocycles. The number of hydrogen-bond acceptors (Lipinski definition) is 2. The van der Waals surface area contributed by atoms with Gasteiger partial charge in [-0.25, -0.2) is 4.39 Å². The summed E-state index contributed by atoms with van der Waals surface area (Å²) >= 11 is 0. The number of carbonyl (C=O) groups excluding carboxylic acids is 1. The van der Waals surface area contributed by atoms with Crippen molar-refractivity contribution in [1.29, 1.82) is 0 Å². The largest absolute Gasteiger partial charge is 0.354 e. The Labute approximate surface area is 125 Å². The van der Waals surface area contributed by atoms with Gasteiger partial charge in [-0.2, -0.15) is 0 Å². The minimum Gasteiger partial charge on any atom is -0.354 e. The lowest BCUT2D eigenvalue weighted by molar-refractivity contribution is -0.123. The molecule has 1 aromatic rings. The second kappa shape index (κ2) is 6.14. The second-order valence-corrected chi connectivity index (χ2v) is 6.27. The molecule has 1 aliphatic heterocycles. The number of nitrogens with one attached hydrogen (secondary N) is 2. The first-order chi connectivity index (χ1) is 10.2. The van der Waals surface area contributed by atoms with Crippen LogP contribution in [0, 0.1) is 5.82 Å². The Balaban J connectivity index is 1.61. The maximum Gasteiger partial charge on any atom is 0.230 e. The lowest BCUT2D eigenvalue weighted by Gasteiger charge is -2.20. The normalized spacial score (nSPS) is 24.1. The van der Waals surface area contributed by atoms with Crippen LogP contribution in [0.3, 0.4) is 0 Å². The van der Waals surface area contributed by atoms with Gasteiger partial charge in [-0.15, -0.1) is 0 Å². The molecular weight excluding hydrogens is 267 g/mol. The number of carbonyl (C=O) groups is 1. The maximum absolute atomic E-state index is 13.9. The molecule has 21 heavy (non-hydrogen) atoms. The third kappa shape index (κ3) is 3.10. The van der Waals surface area contributed by atoms with Gasteiger partial charge in [0.2, 0.25) is 5.91 Å². The smallest absolute Gasteiger partial charge is 0.230 e. The van der Waals surface area contributed by atoms with Crippen LogP contribution in [-0.2, 0) is 10.2 Å². The van der Waals surface area contributed by atoms with Crippen LogP contribution in [0.4, 0.5) is 4.39 Å². The summed E-state index contributed by atoms with van der Waals surface area (Å²) in [6, 6.07) is 7.01. The van der Waals surface area contributed by atoms with Gasteiger partial charge in [-0.1, -0.05) is 31.0 Å². The Morgan fingerprint density at radius 3 is 2.86 bits per heavy atom. The molecule has 114 valence electrons. The third-order valence-electron chi connectivity index (χ3n) is 4.75. The topological polar surface area (TPSA) is 41.1 Å². The van der Waals surface area contributed by atoms with E-state index in [1.165, 1.54) is 25.3 Å². The molecule has 0 unspecified atom stereocenters.